The minimum atomic E-state index is -0.487. The molecule has 1 unspecified atom stereocenters. The lowest BCUT2D eigenvalue weighted by atomic mass is 10.1. The topological polar surface area (TPSA) is 109 Å². The molecule has 8 nitrogen and oxygen atoms in total. The Morgan fingerprint density at radius 2 is 1.76 bits per heavy atom. The molecule has 0 saturated carbocycles. The van der Waals surface area contributed by atoms with Gasteiger partial charge in [-0.15, -0.1) is 11.8 Å². The summed E-state index contributed by atoms with van der Waals surface area (Å²) in [5.74, 6) is -0.322. The van der Waals surface area contributed by atoms with E-state index in [1.165, 1.54) is 23.1 Å². The average molecular weight is 702 g/mol. The molecule has 4 aromatic carbocycles. The number of thioether (sulfide) groups is 1. The Bertz CT molecular complexity index is 1880. The highest BCUT2D eigenvalue weighted by molar-refractivity contribution is 9.10. The molecule has 11 heteroatoms. The molecule has 0 radical (unpaired) electrons. The number of amides is 3. The molecule has 1 heterocycles. The number of hydrogen-bond donors (Lipinski definition) is 3. The number of thiazole rings is 1. The van der Waals surface area contributed by atoms with E-state index in [9.17, 15) is 14.4 Å². The zero-order valence-corrected chi connectivity index (χ0v) is 27.6. The van der Waals surface area contributed by atoms with Crippen LogP contribution in [-0.2, 0) is 9.59 Å². The monoisotopic (exact) mass is 700 g/mol. The Hall–Kier alpha value is -4.45. The second-order valence-electron chi connectivity index (χ2n) is 9.77. The van der Waals surface area contributed by atoms with Crippen LogP contribution in [0.5, 0.6) is 5.75 Å². The lowest BCUT2D eigenvalue weighted by Gasteiger charge is -2.15. The van der Waals surface area contributed by atoms with Crippen LogP contribution in [0, 0.1) is 0 Å². The third kappa shape index (κ3) is 8.59. The van der Waals surface area contributed by atoms with Crippen LogP contribution in [0.3, 0.4) is 0 Å². The van der Waals surface area contributed by atoms with Gasteiger partial charge in [-0.3, -0.25) is 14.4 Å². The zero-order valence-electron chi connectivity index (χ0n) is 24.4. The highest BCUT2D eigenvalue weighted by Crippen LogP contribution is 2.32. The number of benzene rings is 4. The van der Waals surface area contributed by atoms with Crippen molar-refractivity contribution < 1.29 is 19.1 Å². The van der Waals surface area contributed by atoms with Gasteiger partial charge in [-0.2, -0.15) is 0 Å². The van der Waals surface area contributed by atoms with E-state index in [0.717, 1.165) is 30.9 Å². The molecule has 1 aromatic heterocycles. The first-order valence-corrected chi connectivity index (χ1v) is 16.5. The number of carbonyl (C=O) groups is 3. The lowest BCUT2D eigenvalue weighted by Crippen LogP contribution is -2.30. The number of ether oxygens (including phenoxy) is 1. The largest absolute Gasteiger partial charge is 0.497 e. The highest BCUT2D eigenvalue weighted by atomic mass is 79.9. The number of fused-ring (bicyclic) bond motifs is 1. The number of hydrogen-bond acceptors (Lipinski definition) is 7. The molecular formula is C34H29BrN4O4S2. The van der Waals surface area contributed by atoms with Crippen LogP contribution in [0.15, 0.2) is 112 Å². The molecular weight excluding hydrogens is 672 g/mol. The molecule has 0 saturated heterocycles. The summed E-state index contributed by atoms with van der Waals surface area (Å²) in [5.41, 5.74) is 2.55. The van der Waals surface area contributed by atoms with Gasteiger partial charge in [0, 0.05) is 20.6 Å². The number of anilines is 2. The second-order valence-corrected chi connectivity index (χ2v) is 13.0. The summed E-state index contributed by atoms with van der Waals surface area (Å²) in [6, 6.07) is 28.9. The molecule has 5 aromatic rings. The quantitative estimate of drug-likeness (QED) is 0.0952. The predicted octanol–water partition coefficient (Wildman–Crippen LogP) is 7.99. The van der Waals surface area contributed by atoms with Crippen molar-refractivity contribution in [1.29, 1.82) is 0 Å². The minimum absolute atomic E-state index is 0.0827. The second kappa shape index (κ2) is 15.0. The van der Waals surface area contributed by atoms with Gasteiger partial charge in [0.05, 0.1) is 22.6 Å². The first kappa shape index (κ1) is 32.0. The van der Waals surface area contributed by atoms with Gasteiger partial charge in [0.15, 0.2) is 5.13 Å². The fourth-order valence-electron chi connectivity index (χ4n) is 4.31. The van der Waals surface area contributed by atoms with Gasteiger partial charge in [-0.05, 0) is 78.7 Å². The Kier molecular flexibility index (Phi) is 10.7. The molecule has 3 amide bonds. The van der Waals surface area contributed by atoms with E-state index in [1.54, 1.807) is 49.6 Å². The van der Waals surface area contributed by atoms with Crippen LogP contribution < -0.4 is 20.7 Å². The first-order chi connectivity index (χ1) is 21.8. The molecule has 3 N–H and O–H groups in total. The summed E-state index contributed by atoms with van der Waals surface area (Å²) in [4.78, 5) is 45.0. The fourth-order valence-corrected chi connectivity index (χ4v) is 6.64. The smallest absolute Gasteiger partial charge is 0.272 e. The third-order valence-electron chi connectivity index (χ3n) is 6.55. The van der Waals surface area contributed by atoms with Crippen LogP contribution in [0.1, 0.15) is 29.3 Å². The molecule has 0 bridgehead atoms. The summed E-state index contributed by atoms with van der Waals surface area (Å²) in [7, 11) is 1.61. The van der Waals surface area contributed by atoms with Gasteiger partial charge in [0.1, 0.15) is 11.4 Å². The molecule has 0 aliphatic heterocycles. The SMILES string of the molecule is CCC(Sc1cccc(NC(=O)/C(=C\c2cccc(Br)c2)NC(=O)c2ccccc2)c1)C(=O)Nc1nc2ccc(OC)cc2s1. The van der Waals surface area contributed by atoms with Crippen molar-refractivity contribution in [2.24, 2.45) is 0 Å². The van der Waals surface area contributed by atoms with Crippen molar-refractivity contribution in [3.63, 3.8) is 0 Å². The summed E-state index contributed by atoms with van der Waals surface area (Å²) in [6.45, 7) is 1.94. The molecule has 228 valence electrons. The van der Waals surface area contributed by atoms with E-state index < -0.39 is 17.1 Å². The fraction of sp³-hybridized carbons (Fsp3) is 0.118. The van der Waals surface area contributed by atoms with Gasteiger partial charge in [0.25, 0.3) is 11.8 Å². The molecule has 0 spiro atoms. The number of rotatable bonds is 11. The number of methoxy groups -OCH3 is 1. The van der Waals surface area contributed by atoms with Crippen LogP contribution in [0.2, 0.25) is 0 Å². The summed E-state index contributed by atoms with van der Waals surface area (Å²) in [6.07, 6.45) is 2.20. The maximum absolute atomic E-state index is 13.5. The predicted molar refractivity (Wildman–Crippen MR) is 186 cm³/mol. The third-order valence-corrected chi connectivity index (χ3v) is 9.33. The van der Waals surface area contributed by atoms with Crippen molar-refractivity contribution in [3.05, 3.63) is 118 Å². The molecule has 0 aliphatic carbocycles. The van der Waals surface area contributed by atoms with E-state index >= 15 is 0 Å². The van der Waals surface area contributed by atoms with Gasteiger partial charge in [-0.25, -0.2) is 4.98 Å². The normalized spacial score (nSPS) is 11.9. The summed E-state index contributed by atoms with van der Waals surface area (Å²) >= 11 is 6.23. The van der Waals surface area contributed by atoms with Gasteiger partial charge in [0.2, 0.25) is 5.91 Å². The van der Waals surface area contributed by atoms with E-state index in [2.05, 4.69) is 36.9 Å². The molecule has 1 atom stereocenters. The maximum atomic E-state index is 13.5. The number of nitrogens with zero attached hydrogens (tertiary/aromatic N) is 1. The first-order valence-electron chi connectivity index (χ1n) is 14.0. The lowest BCUT2D eigenvalue weighted by molar-refractivity contribution is -0.116. The van der Waals surface area contributed by atoms with Crippen molar-refractivity contribution in [2.75, 3.05) is 17.7 Å². The standard InChI is InChI=1S/C34H29BrN4O4S2/c1-3-29(33(42)39-34-38-27-16-15-25(43-2)20-30(27)45-34)44-26-14-8-13-24(19-26)36-32(41)28(18-21-9-7-12-23(35)17-21)37-31(40)22-10-5-4-6-11-22/h4-20,29H,3H2,1-2H3,(H,36,41)(H,37,40)(H,38,39,42)/b28-18+. The Morgan fingerprint density at radius 1 is 0.956 bits per heavy atom. The molecule has 45 heavy (non-hydrogen) atoms. The maximum Gasteiger partial charge on any atom is 0.272 e. The summed E-state index contributed by atoms with van der Waals surface area (Å²) in [5, 5.41) is 8.72. The number of carbonyl (C=O) groups excluding carboxylic acids is 3. The molecule has 0 fully saturated rings. The Labute approximate surface area is 277 Å². The van der Waals surface area contributed by atoms with E-state index in [1.807, 2.05) is 67.6 Å². The zero-order chi connectivity index (χ0) is 31.8. The van der Waals surface area contributed by atoms with Gasteiger partial charge >= 0.3 is 0 Å². The van der Waals surface area contributed by atoms with Crippen LogP contribution in [0.4, 0.5) is 10.8 Å². The number of halogens is 1. The van der Waals surface area contributed by atoms with Gasteiger partial charge < -0.3 is 20.7 Å². The molecule has 0 aliphatic rings. The van der Waals surface area contributed by atoms with Crippen molar-refractivity contribution in [1.82, 2.24) is 10.3 Å². The van der Waals surface area contributed by atoms with Crippen molar-refractivity contribution in [2.45, 2.75) is 23.5 Å². The van der Waals surface area contributed by atoms with E-state index in [-0.39, 0.29) is 11.6 Å². The van der Waals surface area contributed by atoms with Gasteiger partial charge in [-0.1, -0.05) is 70.6 Å². The minimum Gasteiger partial charge on any atom is -0.497 e. The summed E-state index contributed by atoms with van der Waals surface area (Å²) < 4.78 is 7.05. The van der Waals surface area contributed by atoms with Crippen molar-refractivity contribution >= 4 is 83.9 Å². The van der Waals surface area contributed by atoms with Crippen LogP contribution >= 0.6 is 39.0 Å². The Morgan fingerprint density at radius 3 is 2.51 bits per heavy atom. The van der Waals surface area contributed by atoms with Crippen LogP contribution in [0.25, 0.3) is 16.3 Å². The molecule has 5 rings (SSSR count). The Balaban J connectivity index is 1.29. The number of nitrogens with one attached hydrogen (secondary N) is 3. The van der Waals surface area contributed by atoms with E-state index in [4.69, 9.17) is 4.74 Å². The van der Waals surface area contributed by atoms with Crippen LogP contribution in [-0.4, -0.2) is 35.1 Å². The number of aromatic nitrogens is 1. The van der Waals surface area contributed by atoms with E-state index in [0.29, 0.717) is 22.8 Å². The average Bonchev–Trinajstić information content (AvgIpc) is 3.45. The van der Waals surface area contributed by atoms with Crippen molar-refractivity contribution in [3.8, 4) is 5.75 Å². The highest BCUT2D eigenvalue weighted by Gasteiger charge is 2.21.